The van der Waals surface area contributed by atoms with E-state index in [-0.39, 0.29) is 6.04 Å². The number of para-hydroxylation sites is 1. The Hall–Kier alpha value is -3.49. The fourth-order valence-corrected chi connectivity index (χ4v) is 3.06. The first-order valence-corrected chi connectivity index (χ1v) is 8.30. The van der Waals surface area contributed by atoms with E-state index < -0.39 is 0 Å². The molecule has 2 aromatic carbocycles. The fraction of sp³-hybridized carbons (Fsp3) is 0.0952. The maximum Gasteiger partial charge on any atom is 0.167 e. The number of pyridine rings is 1. The van der Waals surface area contributed by atoms with Crippen LogP contribution in [0, 0.1) is 11.3 Å². The SMILES string of the molecule is N#Cc1ccc(CC(N)c2ccccc2-c2noc3ccccc23)nc1. The van der Waals surface area contributed by atoms with E-state index in [0.717, 1.165) is 33.5 Å². The minimum atomic E-state index is -0.248. The van der Waals surface area contributed by atoms with Crippen LogP contribution in [0.5, 0.6) is 0 Å². The van der Waals surface area contributed by atoms with Crippen LogP contribution in [0.15, 0.2) is 71.4 Å². The van der Waals surface area contributed by atoms with E-state index in [1.54, 1.807) is 12.3 Å². The van der Waals surface area contributed by atoms with Crippen molar-refractivity contribution in [3.63, 3.8) is 0 Å². The van der Waals surface area contributed by atoms with Gasteiger partial charge in [0.1, 0.15) is 11.8 Å². The molecule has 126 valence electrons. The van der Waals surface area contributed by atoms with Crippen LogP contribution >= 0.6 is 0 Å². The maximum absolute atomic E-state index is 8.89. The molecular formula is C21H16N4O. The van der Waals surface area contributed by atoms with E-state index >= 15 is 0 Å². The Bertz CT molecular complexity index is 1090. The summed E-state index contributed by atoms with van der Waals surface area (Å²) in [5.41, 5.74) is 11.3. The zero-order chi connectivity index (χ0) is 17.9. The Labute approximate surface area is 150 Å². The third-order valence-electron chi connectivity index (χ3n) is 4.38. The molecule has 0 spiro atoms. The lowest BCUT2D eigenvalue weighted by Gasteiger charge is -2.15. The molecule has 4 rings (SSSR count). The Kier molecular flexibility index (Phi) is 4.18. The molecule has 2 aromatic heterocycles. The van der Waals surface area contributed by atoms with E-state index in [4.69, 9.17) is 15.5 Å². The number of nitrogens with zero attached hydrogens (tertiary/aromatic N) is 3. The first-order valence-electron chi connectivity index (χ1n) is 8.30. The number of nitriles is 1. The zero-order valence-corrected chi connectivity index (χ0v) is 14.0. The van der Waals surface area contributed by atoms with E-state index in [0.29, 0.717) is 12.0 Å². The number of fused-ring (bicyclic) bond motifs is 1. The molecule has 2 N–H and O–H groups in total. The Morgan fingerprint density at radius 3 is 2.65 bits per heavy atom. The first kappa shape index (κ1) is 16.0. The third kappa shape index (κ3) is 2.94. The topological polar surface area (TPSA) is 88.7 Å². The smallest absolute Gasteiger partial charge is 0.167 e. The van der Waals surface area contributed by atoms with Crippen molar-refractivity contribution in [1.29, 1.82) is 5.26 Å². The van der Waals surface area contributed by atoms with Gasteiger partial charge in [0, 0.05) is 35.3 Å². The second-order valence-corrected chi connectivity index (χ2v) is 6.08. The second kappa shape index (κ2) is 6.79. The molecule has 1 unspecified atom stereocenters. The number of benzene rings is 2. The molecule has 0 saturated heterocycles. The minimum absolute atomic E-state index is 0.248. The van der Waals surface area contributed by atoms with Crippen LogP contribution in [0.1, 0.15) is 22.9 Å². The molecule has 0 aliphatic heterocycles. The lowest BCUT2D eigenvalue weighted by molar-refractivity contribution is 0.459. The molecule has 0 aliphatic rings. The minimum Gasteiger partial charge on any atom is -0.356 e. The van der Waals surface area contributed by atoms with E-state index in [9.17, 15) is 0 Å². The lowest BCUT2D eigenvalue weighted by atomic mass is 9.94. The van der Waals surface area contributed by atoms with Crippen LogP contribution in [-0.2, 0) is 6.42 Å². The molecule has 0 aliphatic carbocycles. The highest BCUT2D eigenvalue weighted by atomic mass is 16.5. The average molecular weight is 340 g/mol. The van der Waals surface area contributed by atoms with Gasteiger partial charge in [-0.3, -0.25) is 4.98 Å². The van der Waals surface area contributed by atoms with Crippen molar-refractivity contribution >= 4 is 11.0 Å². The summed E-state index contributed by atoms with van der Waals surface area (Å²) in [6.07, 6.45) is 2.14. The van der Waals surface area contributed by atoms with Crippen molar-refractivity contribution in [2.45, 2.75) is 12.5 Å². The summed E-state index contributed by atoms with van der Waals surface area (Å²) in [6, 6.07) is 21.1. The number of aromatic nitrogens is 2. The molecule has 0 saturated carbocycles. The Balaban J connectivity index is 1.70. The summed E-state index contributed by atoms with van der Waals surface area (Å²) in [4.78, 5) is 4.32. The van der Waals surface area contributed by atoms with Gasteiger partial charge >= 0.3 is 0 Å². The highest BCUT2D eigenvalue weighted by molar-refractivity contribution is 5.92. The molecule has 5 heteroatoms. The van der Waals surface area contributed by atoms with Gasteiger partial charge < -0.3 is 10.3 Å². The molecule has 5 nitrogen and oxygen atoms in total. The highest BCUT2D eigenvalue weighted by Crippen LogP contribution is 2.33. The molecule has 1 atom stereocenters. The summed E-state index contributed by atoms with van der Waals surface area (Å²) < 4.78 is 5.45. The largest absolute Gasteiger partial charge is 0.356 e. The van der Waals surface area contributed by atoms with Gasteiger partial charge in [0.2, 0.25) is 0 Å². The molecular weight excluding hydrogens is 324 g/mol. The highest BCUT2D eigenvalue weighted by Gasteiger charge is 2.17. The van der Waals surface area contributed by atoms with Crippen molar-refractivity contribution in [2.75, 3.05) is 0 Å². The van der Waals surface area contributed by atoms with E-state index in [2.05, 4.69) is 16.2 Å². The quantitative estimate of drug-likeness (QED) is 0.606. The number of nitrogens with two attached hydrogens (primary N) is 1. The lowest BCUT2D eigenvalue weighted by Crippen LogP contribution is -2.15. The summed E-state index contributed by atoms with van der Waals surface area (Å²) in [5.74, 6) is 0. The van der Waals surface area contributed by atoms with Crippen molar-refractivity contribution in [3.8, 4) is 17.3 Å². The molecule has 0 fully saturated rings. The van der Waals surface area contributed by atoms with Gasteiger partial charge in [0.15, 0.2) is 5.58 Å². The normalized spacial score (nSPS) is 12.0. The summed E-state index contributed by atoms with van der Waals surface area (Å²) >= 11 is 0. The van der Waals surface area contributed by atoms with Crippen LogP contribution in [0.3, 0.4) is 0 Å². The van der Waals surface area contributed by atoms with Gasteiger partial charge in [-0.05, 0) is 29.8 Å². The monoisotopic (exact) mass is 340 g/mol. The first-order chi connectivity index (χ1) is 12.8. The molecule has 0 amide bonds. The van der Waals surface area contributed by atoms with E-state index in [1.807, 2.05) is 54.6 Å². The summed E-state index contributed by atoms with van der Waals surface area (Å²) in [5, 5.41) is 14.1. The van der Waals surface area contributed by atoms with Crippen LogP contribution in [0.4, 0.5) is 0 Å². The standard InChI is InChI=1S/C21H16N4O/c22-12-14-9-10-15(24-13-14)11-19(23)16-5-1-2-6-17(16)21-18-7-3-4-8-20(18)26-25-21/h1-10,13,19H,11,23H2. The number of rotatable bonds is 4. The molecule has 2 heterocycles. The van der Waals surface area contributed by atoms with Crippen molar-refractivity contribution < 1.29 is 4.52 Å². The number of hydrogen-bond donors (Lipinski definition) is 1. The van der Waals surface area contributed by atoms with Crippen molar-refractivity contribution in [1.82, 2.24) is 10.1 Å². The van der Waals surface area contributed by atoms with Gasteiger partial charge in [0.05, 0.1) is 5.56 Å². The second-order valence-electron chi connectivity index (χ2n) is 6.08. The van der Waals surface area contributed by atoms with E-state index in [1.165, 1.54) is 0 Å². The molecule has 0 radical (unpaired) electrons. The predicted octanol–water partition coefficient (Wildman–Crippen LogP) is 4.00. The van der Waals surface area contributed by atoms with Crippen molar-refractivity contribution in [3.05, 3.63) is 83.7 Å². The Morgan fingerprint density at radius 2 is 1.85 bits per heavy atom. The van der Waals surface area contributed by atoms with Crippen LogP contribution < -0.4 is 5.73 Å². The van der Waals surface area contributed by atoms with Crippen molar-refractivity contribution in [2.24, 2.45) is 5.73 Å². The number of hydrogen-bond acceptors (Lipinski definition) is 5. The average Bonchev–Trinajstić information content (AvgIpc) is 3.12. The summed E-state index contributed by atoms with van der Waals surface area (Å²) in [7, 11) is 0. The zero-order valence-electron chi connectivity index (χ0n) is 14.0. The summed E-state index contributed by atoms with van der Waals surface area (Å²) in [6.45, 7) is 0. The third-order valence-corrected chi connectivity index (χ3v) is 4.38. The molecule has 4 aromatic rings. The fourth-order valence-electron chi connectivity index (χ4n) is 3.06. The van der Waals surface area contributed by atoms with Crippen LogP contribution in [-0.4, -0.2) is 10.1 Å². The molecule has 0 bridgehead atoms. The van der Waals surface area contributed by atoms with Gasteiger partial charge in [-0.1, -0.05) is 41.6 Å². The van der Waals surface area contributed by atoms with Gasteiger partial charge in [-0.2, -0.15) is 5.26 Å². The maximum atomic E-state index is 8.89. The van der Waals surface area contributed by atoms with Gasteiger partial charge in [-0.15, -0.1) is 0 Å². The Morgan fingerprint density at radius 1 is 1.04 bits per heavy atom. The van der Waals surface area contributed by atoms with Crippen LogP contribution in [0.25, 0.3) is 22.2 Å². The van der Waals surface area contributed by atoms with Crippen LogP contribution in [0.2, 0.25) is 0 Å². The van der Waals surface area contributed by atoms with Gasteiger partial charge in [0.25, 0.3) is 0 Å². The predicted molar refractivity (Wildman–Crippen MR) is 99.0 cm³/mol. The molecule has 26 heavy (non-hydrogen) atoms. The van der Waals surface area contributed by atoms with Gasteiger partial charge in [-0.25, -0.2) is 0 Å².